The van der Waals surface area contributed by atoms with Crippen LogP contribution in [0.25, 0.3) is 0 Å². The Morgan fingerprint density at radius 1 is 1.32 bits per heavy atom. The van der Waals surface area contributed by atoms with Crippen LogP contribution in [0, 0.1) is 5.92 Å². The first-order valence-corrected chi connectivity index (χ1v) is 9.16. The maximum absolute atomic E-state index is 12.3. The van der Waals surface area contributed by atoms with Gasteiger partial charge in [-0.15, -0.1) is 0 Å². The third kappa shape index (κ3) is 5.85. The Labute approximate surface area is 153 Å². The second kappa shape index (κ2) is 9.56. The number of carbonyl (C=O) groups is 3. The molecule has 25 heavy (non-hydrogen) atoms. The van der Waals surface area contributed by atoms with Gasteiger partial charge in [-0.2, -0.15) is 0 Å². The summed E-state index contributed by atoms with van der Waals surface area (Å²) in [6.07, 6.45) is 6.40. The van der Waals surface area contributed by atoms with Crippen LogP contribution in [0.5, 0.6) is 0 Å². The molecule has 136 valence electrons. The van der Waals surface area contributed by atoms with Gasteiger partial charge in [0.05, 0.1) is 6.04 Å². The molecule has 1 unspecified atom stereocenters. The van der Waals surface area contributed by atoms with Crippen LogP contribution in [0.3, 0.4) is 0 Å². The molecule has 0 bridgehead atoms. The number of halogens is 1. The second-order valence-corrected chi connectivity index (χ2v) is 7.10. The van der Waals surface area contributed by atoms with Gasteiger partial charge in [-0.05, 0) is 43.4 Å². The van der Waals surface area contributed by atoms with E-state index in [-0.39, 0.29) is 6.54 Å². The number of rotatable bonds is 8. The predicted octanol–water partition coefficient (Wildman–Crippen LogP) is 2.95. The number of Topliss-reactive ketones (excluding diaryl/α,β-unsaturated/α-hetero) is 1. The lowest BCUT2D eigenvalue weighted by Crippen LogP contribution is -2.47. The van der Waals surface area contributed by atoms with E-state index in [1.807, 2.05) is 6.07 Å². The summed E-state index contributed by atoms with van der Waals surface area (Å²) in [5.41, 5.74) is 0.816. The maximum atomic E-state index is 12.3. The number of carbonyl (C=O) groups excluding carboxylic acids is 3. The Hall–Kier alpha value is -1.88. The molecule has 1 aromatic carbocycles. The number of nitrogens with one attached hydrogen (secondary N) is 1. The zero-order valence-electron chi connectivity index (χ0n) is 14.5. The van der Waals surface area contributed by atoms with Crippen molar-refractivity contribution in [2.75, 3.05) is 6.54 Å². The van der Waals surface area contributed by atoms with E-state index in [1.165, 1.54) is 24.2 Å². The average Bonchev–Trinajstić information content (AvgIpc) is 2.64. The smallest absolute Gasteiger partial charge is 0.289 e. The van der Waals surface area contributed by atoms with Crippen molar-refractivity contribution in [1.29, 1.82) is 0 Å². The van der Waals surface area contributed by atoms with E-state index in [4.69, 9.17) is 11.6 Å². The number of benzene rings is 1. The number of hydrogen-bond acceptors (Lipinski definition) is 3. The van der Waals surface area contributed by atoms with E-state index in [0.29, 0.717) is 23.9 Å². The molecule has 5 nitrogen and oxygen atoms in total. The first-order chi connectivity index (χ1) is 12.0. The van der Waals surface area contributed by atoms with Crippen molar-refractivity contribution < 1.29 is 14.4 Å². The quantitative estimate of drug-likeness (QED) is 0.569. The highest BCUT2D eigenvalue weighted by Gasteiger charge is 2.28. The lowest BCUT2D eigenvalue weighted by molar-refractivity contribution is -0.142. The zero-order valence-corrected chi connectivity index (χ0v) is 15.3. The minimum Gasteiger partial charge on any atom is -0.345 e. The van der Waals surface area contributed by atoms with Gasteiger partial charge in [0.1, 0.15) is 0 Å². The van der Waals surface area contributed by atoms with Gasteiger partial charge in [0.2, 0.25) is 12.2 Å². The summed E-state index contributed by atoms with van der Waals surface area (Å²) >= 11 is 5.90. The van der Waals surface area contributed by atoms with Crippen LogP contribution < -0.4 is 5.32 Å². The van der Waals surface area contributed by atoms with Crippen molar-refractivity contribution in [2.24, 2.45) is 5.92 Å². The summed E-state index contributed by atoms with van der Waals surface area (Å²) in [7, 11) is 0. The lowest BCUT2D eigenvalue weighted by Gasteiger charge is -2.30. The predicted molar refractivity (Wildman–Crippen MR) is 97.1 cm³/mol. The normalized spacial score (nSPS) is 16.1. The molecule has 6 heteroatoms. The maximum Gasteiger partial charge on any atom is 0.289 e. The van der Waals surface area contributed by atoms with Crippen molar-refractivity contribution in [1.82, 2.24) is 10.2 Å². The van der Waals surface area contributed by atoms with Crippen LogP contribution in [-0.4, -0.2) is 35.6 Å². The summed E-state index contributed by atoms with van der Waals surface area (Å²) in [5, 5.41) is 3.17. The monoisotopic (exact) mass is 364 g/mol. The van der Waals surface area contributed by atoms with E-state index >= 15 is 0 Å². The molecule has 1 aliphatic rings. The molecular weight excluding hydrogens is 340 g/mol. The van der Waals surface area contributed by atoms with Crippen LogP contribution in [0.15, 0.2) is 24.3 Å². The third-order valence-electron chi connectivity index (χ3n) is 4.77. The average molecular weight is 365 g/mol. The van der Waals surface area contributed by atoms with Crippen LogP contribution in [0.2, 0.25) is 5.02 Å². The van der Waals surface area contributed by atoms with E-state index in [9.17, 15) is 14.4 Å². The molecule has 1 atom stereocenters. The molecular formula is C19H25ClN2O3. The molecule has 2 amide bonds. The minimum absolute atomic E-state index is 0.224. The number of hydrogen-bond donors (Lipinski definition) is 1. The highest BCUT2D eigenvalue weighted by molar-refractivity contribution is 6.38. The first-order valence-electron chi connectivity index (χ1n) is 8.78. The van der Waals surface area contributed by atoms with E-state index in [1.54, 1.807) is 25.1 Å². The van der Waals surface area contributed by atoms with Crippen molar-refractivity contribution in [3.8, 4) is 0 Å². The summed E-state index contributed by atoms with van der Waals surface area (Å²) < 4.78 is 0. The molecule has 1 N–H and O–H groups in total. The van der Waals surface area contributed by atoms with Crippen LogP contribution >= 0.6 is 11.6 Å². The number of ketones is 1. The Bertz CT molecular complexity index is 614. The third-order valence-corrected chi connectivity index (χ3v) is 5.01. The van der Waals surface area contributed by atoms with Gasteiger partial charge < -0.3 is 10.2 Å². The molecule has 0 radical (unpaired) electrons. The van der Waals surface area contributed by atoms with Gasteiger partial charge in [0, 0.05) is 18.1 Å². The Kier molecular flexibility index (Phi) is 7.44. The molecule has 0 aromatic heterocycles. The van der Waals surface area contributed by atoms with E-state index in [0.717, 1.165) is 18.4 Å². The van der Waals surface area contributed by atoms with Gasteiger partial charge in [-0.1, -0.05) is 43.0 Å². The minimum atomic E-state index is -0.751. The summed E-state index contributed by atoms with van der Waals surface area (Å²) in [5.74, 6) is -0.850. The van der Waals surface area contributed by atoms with Gasteiger partial charge in [-0.3, -0.25) is 14.4 Å². The first kappa shape index (κ1) is 19.4. The Morgan fingerprint density at radius 3 is 2.68 bits per heavy atom. The number of amides is 2. The molecule has 0 saturated heterocycles. The Morgan fingerprint density at radius 2 is 2.04 bits per heavy atom. The lowest BCUT2D eigenvalue weighted by atomic mass is 9.88. The van der Waals surface area contributed by atoms with Crippen molar-refractivity contribution in [2.45, 2.75) is 51.6 Å². The van der Waals surface area contributed by atoms with Gasteiger partial charge in [-0.25, -0.2) is 0 Å². The van der Waals surface area contributed by atoms with E-state index in [2.05, 4.69) is 5.32 Å². The highest BCUT2D eigenvalue weighted by atomic mass is 35.5. The van der Waals surface area contributed by atoms with Crippen molar-refractivity contribution in [3.05, 3.63) is 34.9 Å². The topological polar surface area (TPSA) is 66.5 Å². The molecule has 0 aliphatic heterocycles. The fraction of sp³-hybridized carbons (Fsp3) is 0.526. The zero-order chi connectivity index (χ0) is 18.2. The molecule has 1 aliphatic carbocycles. The molecule has 0 spiro atoms. The molecule has 2 rings (SSSR count). The molecule has 1 saturated carbocycles. The summed E-state index contributed by atoms with van der Waals surface area (Å²) in [6, 6.07) is 6.33. The van der Waals surface area contributed by atoms with Crippen LogP contribution in [0.1, 0.15) is 44.6 Å². The SMILES string of the molecule is CC(C(=O)C(=O)NCc1cccc(Cl)c1)N(C=O)CC1CCCCC1. The largest absolute Gasteiger partial charge is 0.345 e. The molecule has 1 aromatic rings. The molecule has 1 fully saturated rings. The standard InChI is InChI=1S/C19H25ClN2O3/c1-14(22(13-23)12-15-6-3-2-4-7-15)18(24)19(25)21-11-16-8-5-9-17(20)10-16/h5,8-10,13-15H,2-4,6-7,11-12H2,1H3,(H,21,25). The van der Waals surface area contributed by atoms with Crippen LogP contribution in [-0.2, 0) is 20.9 Å². The highest BCUT2D eigenvalue weighted by Crippen LogP contribution is 2.24. The van der Waals surface area contributed by atoms with Crippen molar-refractivity contribution >= 4 is 29.7 Å². The fourth-order valence-electron chi connectivity index (χ4n) is 3.22. The van der Waals surface area contributed by atoms with E-state index < -0.39 is 17.7 Å². The van der Waals surface area contributed by atoms with Gasteiger partial charge in [0.25, 0.3) is 5.91 Å². The fourth-order valence-corrected chi connectivity index (χ4v) is 3.43. The molecule has 0 heterocycles. The Balaban J connectivity index is 1.87. The second-order valence-electron chi connectivity index (χ2n) is 6.66. The van der Waals surface area contributed by atoms with Gasteiger partial charge in [0.15, 0.2) is 0 Å². The van der Waals surface area contributed by atoms with Crippen LogP contribution in [0.4, 0.5) is 0 Å². The van der Waals surface area contributed by atoms with Gasteiger partial charge >= 0.3 is 0 Å². The number of nitrogens with zero attached hydrogens (tertiary/aromatic N) is 1. The van der Waals surface area contributed by atoms with Crippen molar-refractivity contribution in [3.63, 3.8) is 0 Å². The summed E-state index contributed by atoms with van der Waals surface area (Å²) in [6.45, 7) is 2.37. The summed E-state index contributed by atoms with van der Waals surface area (Å²) in [4.78, 5) is 37.3.